The Labute approximate surface area is 63.0 Å². The first-order chi connectivity index (χ1) is 4.81. The van der Waals surface area contributed by atoms with Gasteiger partial charge in [-0.15, -0.1) is 0 Å². The third-order valence-electron chi connectivity index (χ3n) is 0.942. The Bertz CT molecular complexity index is 143. The van der Waals surface area contributed by atoms with E-state index in [1.165, 1.54) is 14.0 Å². The molecular weight excluding hydrogens is 159 g/mol. The van der Waals surface area contributed by atoms with Crippen LogP contribution < -0.4 is 0 Å². The van der Waals surface area contributed by atoms with Gasteiger partial charge in [0.2, 0.25) is 0 Å². The van der Waals surface area contributed by atoms with Crippen molar-refractivity contribution in [3.05, 3.63) is 0 Å². The largest absolute Gasteiger partial charge is 0.401 e. The Morgan fingerprint density at radius 3 is 2.18 bits per heavy atom. The van der Waals surface area contributed by atoms with E-state index < -0.39 is 12.7 Å². The van der Waals surface area contributed by atoms with E-state index in [0.717, 1.165) is 4.90 Å². The van der Waals surface area contributed by atoms with Crippen molar-refractivity contribution >= 4 is 5.78 Å². The predicted molar refractivity (Wildman–Crippen MR) is 34.2 cm³/mol. The Hall–Kier alpha value is -0.580. The highest BCUT2D eigenvalue weighted by atomic mass is 19.4. The second kappa shape index (κ2) is 3.71. The lowest BCUT2D eigenvalue weighted by Crippen LogP contribution is -2.34. The number of Topliss-reactive ketones (excluding diaryl/α,β-unsaturated/α-hetero) is 1. The number of likely N-dealkylation sites (N-methyl/N-ethyl adjacent to an activating group) is 1. The highest BCUT2D eigenvalue weighted by Crippen LogP contribution is 2.14. The van der Waals surface area contributed by atoms with Gasteiger partial charge in [0.25, 0.3) is 0 Å². The lowest BCUT2D eigenvalue weighted by molar-refractivity contribution is -0.145. The minimum atomic E-state index is -4.22. The molecule has 0 amide bonds. The molecule has 5 heteroatoms. The fourth-order valence-corrected chi connectivity index (χ4v) is 0.742. The second-order valence-corrected chi connectivity index (χ2v) is 2.49. The van der Waals surface area contributed by atoms with E-state index in [-0.39, 0.29) is 12.3 Å². The lowest BCUT2D eigenvalue weighted by Gasteiger charge is -2.16. The SMILES string of the molecule is CC(=O)CN(C)CC(F)(F)F. The van der Waals surface area contributed by atoms with Crippen LogP contribution >= 0.6 is 0 Å². The Morgan fingerprint density at radius 2 is 1.91 bits per heavy atom. The molecule has 0 aliphatic rings. The number of nitrogens with zero attached hydrogens (tertiary/aromatic N) is 1. The first kappa shape index (κ1) is 10.4. The summed E-state index contributed by atoms with van der Waals surface area (Å²) in [6, 6.07) is 0. The monoisotopic (exact) mass is 169 g/mol. The molecule has 0 atom stereocenters. The molecule has 0 spiro atoms. The van der Waals surface area contributed by atoms with Crippen LogP contribution in [0, 0.1) is 0 Å². The van der Waals surface area contributed by atoms with Gasteiger partial charge in [-0.05, 0) is 14.0 Å². The van der Waals surface area contributed by atoms with E-state index in [1.54, 1.807) is 0 Å². The van der Waals surface area contributed by atoms with Gasteiger partial charge < -0.3 is 0 Å². The van der Waals surface area contributed by atoms with Crippen molar-refractivity contribution in [1.29, 1.82) is 0 Å². The van der Waals surface area contributed by atoms with Gasteiger partial charge in [0, 0.05) is 0 Å². The Kier molecular flexibility index (Phi) is 3.51. The van der Waals surface area contributed by atoms with Crippen LogP contribution in [0.15, 0.2) is 0 Å². The molecule has 0 radical (unpaired) electrons. The quantitative estimate of drug-likeness (QED) is 0.629. The summed E-state index contributed by atoms with van der Waals surface area (Å²) in [6.07, 6.45) is -4.22. The van der Waals surface area contributed by atoms with E-state index in [4.69, 9.17) is 0 Å². The molecule has 0 aromatic rings. The second-order valence-electron chi connectivity index (χ2n) is 2.49. The molecular formula is C6H10F3NO. The molecule has 0 rings (SSSR count). The summed E-state index contributed by atoms with van der Waals surface area (Å²) in [5.74, 6) is -0.267. The summed E-state index contributed by atoms with van der Waals surface area (Å²) in [5.41, 5.74) is 0. The van der Waals surface area contributed by atoms with Gasteiger partial charge in [-0.25, -0.2) is 0 Å². The maximum atomic E-state index is 11.6. The zero-order chi connectivity index (χ0) is 9.07. The van der Waals surface area contributed by atoms with E-state index in [0.29, 0.717) is 0 Å². The van der Waals surface area contributed by atoms with E-state index in [2.05, 4.69) is 0 Å². The molecule has 0 N–H and O–H groups in total. The Balaban J connectivity index is 3.69. The molecule has 0 saturated heterocycles. The summed E-state index contributed by atoms with van der Waals surface area (Å²) < 4.78 is 34.8. The highest BCUT2D eigenvalue weighted by Gasteiger charge is 2.29. The smallest absolute Gasteiger partial charge is 0.299 e. The lowest BCUT2D eigenvalue weighted by atomic mass is 10.4. The molecule has 0 aliphatic heterocycles. The third kappa shape index (κ3) is 7.32. The maximum absolute atomic E-state index is 11.6. The van der Waals surface area contributed by atoms with Crippen LogP contribution in [-0.2, 0) is 4.79 Å². The first-order valence-electron chi connectivity index (χ1n) is 3.06. The molecule has 0 heterocycles. The summed E-state index contributed by atoms with van der Waals surface area (Å²) in [4.78, 5) is 11.3. The minimum absolute atomic E-state index is 0.153. The van der Waals surface area contributed by atoms with Gasteiger partial charge in [-0.3, -0.25) is 9.69 Å². The molecule has 0 bridgehead atoms. The number of carbonyl (C=O) groups excluding carboxylic acids is 1. The predicted octanol–water partition coefficient (Wildman–Crippen LogP) is 1.07. The van der Waals surface area contributed by atoms with Gasteiger partial charge in [-0.2, -0.15) is 13.2 Å². The molecule has 0 unspecified atom stereocenters. The number of ketones is 1. The third-order valence-corrected chi connectivity index (χ3v) is 0.942. The van der Waals surface area contributed by atoms with Crippen molar-refractivity contribution in [2.75, 3.05) is 20.1 Å². The summed E-state index contributed by atoms with van der Waals surface area (Å²) in [6.45, 7) is 0.0684. The number of hydrogen-bond donors (Lipinski definition) is 0. The van der Waals surface area contributed by atoms with Crippen molar-refractivity contribution in [1.82, 2.24) is 4.90 Å². The topological polar surface area (TPSA) is 20.3 Å². The summed E-state index contributed by atoms with van der Waals surface area (Å²) in [5, 5.41) is 0. The van der Waals surface area contributed by atoms with Gasteiger partial charge in [-0.1, -0.05) is 0 Å². The molecule has 0 fully saturated rings. The van der Waals surface area contributed by atoms with Crippen LogP contribution in [0.25, 0.3) is 0 Å². The van der Waals surface area contributed by atoms with Crippen molar-refractivity contribution in [3.8, 4) is 0 Å². The number of rotatable bonds is 3. The van der Waals surface area contributed by atoms with Crippen molar-refractivity contribution in [2.24, 2.45) is 0 Å². The van der Waals surface area contributed by atoms with Crippen molar-refractivity contribution in [3.63, 3.8) is 0 Å². The van der Waals surface area contributed by atoms with Crippen LogP contribution in [-0.4, -0.2) is 37.0 Å². The van der Waals surface area contributed by atoms with Gasteiger partial charge in [0.1, 0.15) is 5.78 Å². The van der Waals surface area contributed by atoms with Crippen LogP contribution in [0.2, 0.25) is 0 Å². The zero-order valence-corrected chi connectivity index (χ0v) is 6.40. The molecule has 66 valence electrons. The fourth-order valence-electron chi connectivity index (χ4n) is 0.742. The zero-order valence-electron chi connectivity index (χ0n) is 6.40. The van der Waals surface area contributed by atoms with Gasteiger partial charge in [0.05, 0.1) is 13.1 Å². The molecule has 0 aliphatic carbocycles. The normalized spacial score (nSPS) is 12.2. The standard InChI is InChI=1S/C6H10F3NO/c1-5(11)3-10(2)4-6(7,8)9/h3-4H2,1-2H3. The highest BCUT2D eigenvalue weighted by molar-refractivity contribution is 5.77. The van der Waals surface area contributed by atoms with Crippen molar-refractivity contribution in [2.45, 2.75) is 13.1 Å². The van der Waals surface area contributed by atoms with E-state index >= 15 is 0 Å². The number of carbonyl (C=O) groups is 1. The summed E-state index contributed by atoms with van der Waals surface area (Å²) in [7, 11) is 1.26. The average molecular weight is 169 g/mol. The number of hydrogen-bond acceptors (Lipinski definition) is 2. The first-order valence-corrected chi connectivity index (χ1v) is 3.06. The van der Waals surface area contributed by atoms with Crippen LogP contribution in [0.4, 0.5) is 13.2 Å². The molecule has 2 nitrogen and oxygen atoms in total. The van der Waals surface area contributed by atoms with E-state index in [9.17, 15) is 18.0 Å². The van der Waals surface area contributed by atoms with Crippen LogP contribution in [0.5, 0.6) is 0 Å². The summed E-state index contributed by atoms with van der Waals surface area (Å²) >= 11 is 0. The van der Waals surface area contributed by atoms with Gasteiger partial charge in [0.15, 0.2) is 0 Å². The average Bonchev–Trinajstić information content (AvgIpc) is 1.53. The number of alkyl halides is 3. The van der Waals surface area contributed by atoms with Crippen LogP contribution in [0.1, 0.15) is 6.92 Å². The van der Waals surface area contributed by atoms with E-state index in [1.807, 2.05) is 0 Å². The van der Waals surface area contributed by atoms with Crippen LogP contribution in [0.3, 0.4) is 0 Å². The minimum Gasteiger partial charge on any atom is -0.299 e. The molecule has 0 aromatic carbocycles. The molecule has 11 heavy (non-hydrogen) atoms. The number of halogens is 3. The molecule has 0 aromatic heterocycles. The van der Waals surface area contributed by atoms with Crippen molar-refractivity contribution < 1.29 is 18.0 Å². The Morgan fingerprint density at radius 1 is 1.45 bits per heavy atom. The van der Waals surface area contributed by atoms with Gasteiger partial charge >= 0.3 is 6.18 Å². The molecule has 0 saturated carbocycles. The maximum Gasteiger partial charge on any atom is 0.401 e. The fraction of sp³-hybridized carbons (Fsp3) is 0.833.